The number of rotatable bonds is 6. The first kappa shape index (κ1) is 13.8. The van der Waals surface area contributed by atoms with Crippen molar-refractivity contribution in [2.75, 3.05) is 6.54 Å². The molecule has 0 aliphatic heterocycles. The van der Waals surface area contributed by atoms with Crippen molar-refractivity contribution in [1.82, 2.24) is 9.88 Å². The van der Waals surface area contributed by atoms with E-state index >= 15 is 0 Å². The SMILES string of the molecule is CC(C)CNCc1cccn1Cc1ccc(F)cc1. The molecule has 0 atom stereocenters. The summed E-state index contributed by atoms with van der Waals surface area (Å²) in [5.41, 5.74) is 2.37. The third-order valence-electron chi connectivity index (χ3n) is 3.05. The molecule has 3 heteroatoms. The van der Waals surface area contributed by atoms with Gasteiger partial charge in [0.25, 0.3) is 0 Å². The molecule has 0 unspecified atom stereocenters. The van der Waals surface area contributed by atoms with Crippen molar-refractivity contribution >= 4 is 0 Å². The van der Waals surface area contributed by atoms with Gasteiger partial charge < -0.3 is 9.88 Å². The monoisotopic (exact) mass is 260 g/mol. The summed E-state index contributed by atoms with van der Waals surface area (Å²) in [4.78, 5) is 0. The van der Waals surface area contributed by atoms with Crippen molar-refractivity contribution < 1.29 is 4.39 Å². The summed E-state index contributed by atoms with van der Waals surface area (Å²) in [6.07, 6.45) is 2.07. The molecule has 0 bridgehead atoms. The highest BCUT2D eigenvalue weighted by Gasteiger charge is 2.02. The minimum absolute atomic E-state index is 0.185. The van der Waals surface area contributed by atoms with E-state index in [0.29, 0.717) is 5.92 Å². The maximum Gasteiger partial charge on any atom is 0.123 e. The Hall–Kier alpha value is -1.61. The van der Waals surface area contributed by atoms with Crippen molar-refractivity contribution in [1.29, 1.82) is 0 Å². The Morgan fingerprint density at radius 3 is 2.58 bits per heavy atom. The molecule has 1 N–H and O–H groups in total. The second-order valence-electron chi connectivity index (χ2n) is 5.28. The van der Waals surface area contributed by atoms with Crippen LogP contribution in [0.1, 0.15) is 25.1 Å². The van der Waals surface area contributed by atoms with Gasteiger partial charge in [0, 0.05) is 25.0 Å². The summed E-state index contributed by atoms with van der Waals surface area (Å²) in [7, 11) is 0. The average Bonchev–Trinajstić information content (AvgIpc) is 2.79. The summed E-state index contributed by atoms with van der Waals surface area (Å²) in [5.74, 6) is 0.468. The smallest absolute Gasteiger partial charge is 0.123 e. The minimum Gasteiger partial charge on any atom is -0.346 e. The molecule has 0 spiro atoms. The fraction of sp³-hybridized carbons (Fsp3) is 0.375. The molecule has 0 aliphatic rings. The van der Waals surface area contributed by atoms with Gasteiger partial charge in [-0.1, -0.05) is 26.0 Å². The molecule has 1 heterocycles. The molecule has 1 aromatic heterocycles. The van der Waals surface area contributed by atoms with Gasteiger partial charge >= 0.3 is 0 Å². The normalized spacial score (nSPS) is 11.2. The van der Waals surface area contributed by atoms with Crippen molar-refractivity contribution in [3.8, 4) is 0 Å². The zero-order valence-electron chi connectivity index (χ0n) is 11.6. The van der Waals surface area contributed by atoms with Gasteiger partial charge in [0.2, 0.25) is 0 Å². The Balaban J connectivity index is 1.97. The minimum atomic E-state index is -0.185. The summed E-state index contributed by atoms with van der Waals surface area (Å²) in [6, 6.07) is 10.9. The van der Waals surface area contributed by atoms with Crippen LogP contribution < -0.4 is 5.32 Å². The van der Waals surface area contributed by atoms with Crippen LogP contribution in [-0.2, 0) is 13.1 Å². The predicted molar refractivity (Wildman–Crippen MR) is 76.5 cm³/mol. The van der Waals surface area contributed by atoms with Gasteiger partial charge in [-0.15, -0.1) is 0 Å². The fourth-order valence-corrected chi connectivity index (χ4v) is 2.04. The Bertz CT molecular complexity index is 500. The molecule has 0 fully saturated rings. The van der Waals surface area contributed by atoms with Crippen molar-refractivity contribution in [3.05, 3.63) is 59.7 Å². The molecule has 2 aromatic rings. The number of benzene rings is 1. The average molecular weight is 260 g/mol. The van der Waals surface area contributed by atoms with E-state index in [1.807, 2.05) is 12.1 Å². The van der Waals surface area contributed by atoms with Crippen LogP contribution in [0.3, 0.4) is 0 Å². The zero-order chi connectivity index (χ0) is 13.7. The van der Waals surface area contributed by atoms with Crippen molar-refractivity contribution in [2.45, 2.75) is 26.9 Å². The highest BCUT2D eigenvalue weighted by Crippen LogP contribution is 2.09. The van der Waals surface area contributed by atoms with Gasteiger partial charge in [-0.3, -0.25) is 0 Å². The lowest BCUT2D eigenvalue weighted by Crippen LogP contribution is -2.20. The van der Waals surface area contributed by atoms with E-state index in [1.165, 1.54) is 17.8 Å². The maximum absolute atomic E-state index is 12.9. The molecule has 0 saturated heterocycles. The van der Waals surface area contributed by atoms with Gasteiger partial charge in [-0.25, -0.2) is 4.39 Å². The second kappa shape index (κ2) is 6.53. The van der Waals surface area contributed by atoms with Crippen molar-refractivity contribution in [2.24, 2.45) is 5.92 Å². The molecule has 102 valence electrons. The number of halogens is 1. The largest absolute Gasteiger partial charge is 0.346 e. The van der Waals surface area contributed by atoms with E-state index in [0.717, 1.165) is 25.2 Å². The summed E-state index contributed by atoms with van der Waals surface area (Å²) < 4.78 is 15.1. The molecule has 0 radical (unpaired) electrons. The van der Waals surface area contributed by atoms with Crippen LogP contribution in [0.2, 0.25) is 0 Å². The number of aromatic nitrogens is 1. The lowest BCUT2D eigenvalue weighted by molar-refractivity contribution is 0.539. The van der Waals surface area contributed by atoms with Crippen LogP contribution in [0.4, 0.5) is 4.39 Å². The Labute approximate surface area is 114 Å². The van der Waals surface area contributed by atoms with E-state index in [2.05, 4.69) is 42.1 Å². The number of nitrogens with one attached hydrogen (secondary N) is 1. The third-order valence-corrected chi connectivity index (χ3v) is 3.05. The molecule has 0 saturated carbocycles. The standard InChI is InChI=1S/C16H21FN2/c1-13(2)10-18-11-16-4-3-9-19(16)12-14-5-7-15(17)8-6-14/h3-9,13,18H,10-12H2,1-2H3. The molecule has 2 rings (SSSR count). The van der Waals surface area contributed by atoms with E-state index in [9.17, 15) is 4.39 Å². The van der Waals surface area contributed by atoms with Crippen LogP contribution in [-0.4, -0.2) is 11.1 Å². The lowest BCUT2D eigenvalue weighted by Gasteiger charge is -2.11. The number of hydrogen-bond donors (Lipinski definition) is 1. The zero-order valence-corrected chi connectivity index (χ0v) is 11.6. The topological polar surface area (TPSA) is 17.0 Å². The molecule has 2 nitrogen and oxygen atoms in total. The van der Waals surface area contributed by atoms with Gasteiger partial charge in [0.05, 0.1) is 0 Å². The van der Waals surface area contributed by atoms with Crippen LogP contribution in [0.5, 0.6) is 0 Å². The quantitative estimate of drug-likeness (QED) is 0.842. The molecule has 0 amide bonds. The Morgan fingerprint density at radius 2 is 1.89 bits per heavy atom. The Morgan fingerprint density at radius 1 is 1.16 bits per heavy atom. The first-order valence-corrected chi connectivity index (χ1v) is 6.74. The number of hydrogen-bond acceptors (Lipinski definition) is 1. The van der Waals surface area contributed by atoms with Gasteiger partial charge in [0.1, 0.15) is 5.82 Å². The van der Waals surface area contributed by atoms with E-state index in [-0.39, 0.29) is 5.82 Å². The Kier molecular flexibility index (Phi) is 4.74. The molecular formula is C16H21FN2. The van der Waals surface area contributed by atoms with Gasteiger partial charge in [-0.05, 0) is 42.3 Å². The number of nitrogens with zero attached hydrogens (tertiary/aromatic N) is 1. The van der Waals surface area contributed by atoms with E-state index < -0.39 is 0 Å². The summed E-state index contributed by atoms with van der Waals surface area (Å²) in [6.45, 7) is 7.06. The van der Waals surface area contributed by atoms with Crippen LogP contribution in [0.15, 0.2) is 42.6 Å². The maximum atomic E-state index is 12.9. The highest BCUT2D eigenvalue weighted by atomic mass is 19.1. The van der Waals surface area contributed by atoms with Crippen molar-refractivity contribution in [3.63, 3.8) is 0 Å². The van der Waals surface area contributed by atoms with E-state index in [1.54, 1.807) is 0 Å². The molecule has 0 aliphatic carbocycles. The first-order valence-electron chi connectivity index (χ1n) is 6.74. The van der Waals surface area contributed by atoms with Gasteiger partial charge in [0.15, 0.2) is 0 Å². The summed E-state index contributed by atoms with van der Waals surface area (Å²) in [5, 5.41) is 3.44. The second-order valence-corrected chi connectivity index (χ2v) is 5.28. The van der Waals surface area contributed by atoms with Gasteiger partial charge in [-0.2, -0.15) is 0 Å². The fourth-order valence-electron chi connectivity index (χ4n) is 2.04. The molecular weight excluding hydrogens is 239 g/mol. The lowest BCUT2D eigenvalue weighted by atomic mass is 10.2. The van der Waals surface area contributed by atoms with Crippen LogP contribution >= 0.6 is 0 Å². The third kappa shape index (κ3) is 4.21. The summed E-state index contributed by atoms with van der Waals surface area (Å²) >= 11 is 0. The molecule has 19 heavy (non-hydrogen) atoms. The van der Waals surface area contributed by atoms with Crippen LogP contribution in [0, 0.1) is 11.7 Å². The first-order chi connectivity index (χ1) is 9.15. The van der Waals surface area contributed by atoms with Crippen LogP contribution in [0.25, 0.3) is 0 Å². The highest BCUT2D eigenvalue weighted by molar-refractivity contribution is 5.18. The van der Waals surface area contributed by atoms with E-state index in [4.69, 9.17) is 0 Å². The molecule has 1 aromatic carbocycles. The predicted octanol–water partition coefficient (Wildman–Crippen LogP) is 3.42.